The third-order valence-corrected chi connectivity index (χ3v) is 2.13. The Kier molecular flexibility index (Phi) is 3.51. The number of nitro groups is 1. The highest BCUT2D eigenvalue weighted by atomic mass is 79.9. The van der Waals surface area contributed by atoms with Crippen LogP contribution in [0.2, 0.25) is 0 Å². The molecule has 0 fully saturated rings. The standard InChI is InChI=1S/C8H5BrN2O4/c9-8-5(1-2-7(12)13)3-6(4-10-8)11(14)15/h1-4H,(H,12,13)/b2-1+. The van der Waals surface area contributed by atoms with Gasteiger partial charge in [-0.25, -0.2) is 9.78 Å². The van der Waals surface area contributed by atoms with Crippen molar-refractivity contribution in [3.63, 3.8) is 0 Å². The summed E-state index contributed by atoms with van der Waals surface area (Å²) >= 11 is 3.05. The van der Waals surface area contributed by atoms with Crippen LogP contribution in [0, 0.1) is 10.1 Å². The number of rotatable bonds is 3. The highest BCUT2D eigenvalue weighted by Gasteiger charge is 2.08. The van der Waals surface area contributed by atoms with Crippen LogP contribution in [0.25, 0.3) is 6.08 Å². The van der Waals surface area contributed by atoms with Gasteiger partial charge in [0.1, 0.15) is 10.8 Å². The molecule has 0 unspecified atom stereocenters. The summed E-state index contributed by atoms with van der Waals surface area (Å²) in [5, 5.41) is 18.8. The number of pyridine rings is 1. The van der Waals surface area contributed by atoms with Crippen molar-refractivity contribution in [2.75, 3.05) is 0 Å². The Balaban J connectivity index is 3.11. The molecule has 1 rings (SSSR count). The molecule has 1 aromatic heterocycles. The lowest BCUT2D eigenvalue weighted by Crippen LogP contribution is -1.92. The minimum Gasteiger partial charge on any atom is -0.478 e. The summed E-state index contributed by atoms with van der Waals surface area (Å²) in [5.41, 5.74) is 0.148. The van der Waals surface area contributed by atoms with Crippen molar-refractivity contribution in [3.8, 4) is 0 Å². The summed E-state index contributed by atoms with van der Waals surface area (Å²) in [6.07, 6.45) is 3.19. The molecule has 0 aromatic carbocycles. The second-order valence-electron chi connectivity index (χ2n) is 2.50. The molecular weight excluding hydrogens is 268 g/mol. The summed E-state index contributed by atoms with van der Waals surface area (Å²) < 4.78 is 0.352. The van der Waals surface area contributed by atoms with Gasteiger partial charge in [-0.15, -0.1) is 0 Å². The molecule has 78 valence electrons. The van der Waals surface area contributed by atoms with Gasteiger partial charge in [-0.1, -0.05) is 0 Å². The Bertz CT molecular complexity index is 444. The van der Waals surface area contributed by atoms with E-state index in [4.69, 9.17) is 5.11 Å². The molecule has 0 saturated heterocycles. The van der Waals surface area contributed by atoms with Gasteiger partial charge in [0, 0.05) is 17.7 Å². The highest BCUT2D eigenvalue weighted by molar-refractivity contribution is 9.10. The maximum atomic E-state index is 10.4. The van der Waals surface area contributed by atoms with Gasteiger partial charge in [-0.05, 0) is 22.0 Å². The van der Waals surface area contributed by atoms with Crippen LogP contribution in [0.15, 0.2) is 22.9 Å². The van der Waals surface area contributed by atoms with Gasteiger partial charge in [0.2, 0.25) is 0 Å². The Morgan fingerprint density at radius 2 is 2.33 bits per heavy atom. The first kappa shape index (κ1) is 11.3. The summed E-state index contributed by atoms with van der Waals surface area (Å²) in [6, 6.07) is 1.23. The van der Waals surface area contributed by atoms with E-state index in [0.717, 1.165) is 12.3 Å². The molecule has 0 bridgehead atoms. The van der Waals surface area contributed by atoms with Gasteiger partial charge in [0.15, 0.2) is 0 Å². The predicted molar refractivity (Wildman–Crippen MR) is 55.3 cm³/mol. The predicted octanol–water partition coefficient (Wildman–Crippen LogP) is 1.85. The van der Waals surface area contributed by atoms with Gasteiger partial charge >= 0.3 is 5.97 Å². The average molecular weight is 273 g/mol. The fraction of sp³-hybridized carbons (Fsp3) is 0. The molecule has 0 aliphatic heterocycles. The molecule has 0 aliphatic rings. The van der Waals surface area contributed by atoms with Gasteiger partial charge in [-0.3, -0.25) is 10.1 Å². The Hall–Kier alpha value is -1.76. The zero-order valence-electron chi connectivity index (χ0n) is 7.25. The van der Waals surface area contributed by atoms with Crippen molar-refractivity contribution in [1.29, 1.82) is 0 Å². The monoisotopic (exact) mass is 272 g/mol. The van der Waals surface area contributed by atoms with Crippen molar-refractivity contribution >= 4 is 33.7 Å². The molecular formula is C8H5BrN2O4. The molecule has 7 heteroatoms. The van der Waals surface area contributed by atoms with Crippen LogP contribution in [0.4, 0.5) is 5.69 Å². The Morgan fingerprint density at radius 3 is 2.87 bits per heavy atom. The number of halogens is 1. The topological polar surface area (TPSA) is 93.3 Å². The number of carboxylic acid groups (broad SMARTS) is 1. The SMILES string of the molecule is O=C(O)/C=C/c1cc([N+](=O)[O-])cnc1Br. The second kappa shape index (κ2) is 4.65. The van der Waals surface area contributed by atoms with E-state index in [1.165, 1.54) is 12.1 Å². The quantitative estimate of drug-likeness (QED) is 0.392. The summed E-state index contributed by atoms with van der Waals surface area (Å²) in [5.74, 6) is -1.13. The molecule has 0 spiro atoms. The van der Waals surface area contributed by atoms with Crippen LogP contribution in [0.5, 0.6) is 0 Å². The number of aromatic nitrogens is 1. The zero-order valence-corrected chi connectivity index (χ0v) is 8.84. The van der Waals surface area contributed by atoms with Crippen molar-refractivity contribution in [1.82, 2.24) is 4.98 Å². The van der Waals surface area contributed by atoms with Crippen molar-refractivity contribution < 1.29 is 14.8 Å². The Labute approximate surface area is 92.5 Å². The third kappa shape index (κ3) is 3.13. The number of hydrogen-bond donors (Lipinski definition) is 1. The van der Waals surface area contributed by atoms with E-state index >= 15 is 0 Å². The largest absolute Gasteiger partial charge is 0.478 e. The van der Waals surface area contributed by atoms with Gasteiger partial charge < -0.3 is 5.11 Å². The van der Waals surface area contributed by atoms with E-state index < -0.39 is 10.9 Å². The normalized spacial score (nSPS) is 10.5. The second-order valence-corrected chi connectivity index (χ2v) is 3.25. The van der Waals surface area contributed by atoms with Crippen LogP contribution in [-0.4, -0.2) is 21.0 Å². The number of carboxylic acids is 1. The maximum Gasteiger partial charge on any atom is 0.328 e. The summed E-state index contributed by atoms with van der Waals surface area (Å²) in [6.45, 7) is 0. The van der Waals surface area contributed by atoms with Gasteiger partial charge in [0.05, 0.1) is 4.92 Å². The molecule has 1 heterocycles. The van der Waals surface area contributed by atoms with E-state index in [0.29, 0.717) is 10.2 Å². The smallest absolute Gasteiger partial charge is 0.328 e. The molecule has 0 amide bonds. The van der Waals surface area contributed by atoms with E-state index in [1.54, 1.807) is 0 Å². The van der Waals surface area contributed by atoms with E-state index in [-0.39, 0.29) is 5.69 Å². The number of nitrogens with zero attached hydrogens (tertiary/aromatic N) is 2. The molecule has 6 nitrogen and oxygen atoms in total. The lowest BCUT2D eigenvalue weighted by Gasteiger charge is -1.96. The molecule has 0 atom stereocenters. The van der Waals surface area contributed by atoms with Crippen molar-refractivity contribution in [2.24, 2.45) is 0 Å². The summed E-state index contributed by atoms with van der Waals surface area (Å²) in [4.78, 5) is 23.8. The highest BCUT2D eigenvalue weighted by Crippen LogP contribution is 2.20. The van der Waals surface area contributed by atoms with Crippen LogP contribution >= 0.6 is 15.9 Å². The summed E-state index contributed by atoms with van der Waals surface area (Å²) in [7, 11) is 0. The molecule has 1 N–H and O–H groups in total. The molecule has 15 heavy (non-hydrogen) atoms. The number of hydrogen-bond acceptors (Lipinski definition) is 4. The zero-order chi connectivity index (χ0) is 11.4. The first-order chi connectivity index (χ1) is 7.00. The lowest BCUT2D eigenvalue weighted by molar-refractivity contribution is -0.385. The third-order valence-electron chi connectivity index (χ3n) is 1.47. The van der Waals surface area contributed by atoms with E-state index in [9.17, 15) is 14.9 Å². The number of carbonyl (C=O) groups is 1. The fourth-order valence-electron chi connectivity index (χ4n) is 0.831. The van der Waals surface area contributed by atoms with E-state index in [2.05, 4.69) is 20.9 Å². The molecule has 0 aliphatic carbocycles. The number of aliphatic carboxylic acids is 1. The molecule has 1 aromatic rings. The van der Waals surface area contributed by atoms with Crippen LogP contribution in [0.3, 0.4) is 0 Å². The van der Waals surface area contributed by atoms with Crippen molar-refractivity contribution in [3.05, 3.63) is 38.6 Å². The first-order valence-electron chi connectivity index (χ1n) is 3.71. The maximum absolute atomic E-state index is 10.4. The average Bonchev–Trinajstić information content (AvgIpc) is 2.16. The fourth-order valence-corrected chi connectivity index (χ4v) is 1.18. The van der Waals surface area contributed by atoms with Gasteiger partial charge in [-0.2, -0.15) is 0 Å². The minimum atomic E-state index is -1.13. The van der Waals surface area contributed by atoms with Crippen molar-refractivity contribution in [2.45, 2.75) is 0 Å². The van der Waals surface area contributed by atoms with E-state index in [1.807, 2.05) is 0 Å². The molecule has 0 saturated carbocycles. The van der Waals surface area contributed by atoms with Crippen LogP contribution in [0.1, 0.15) is 5.56 Å². The minimum absolute atomic E-state index is 0.191. The van der Waals surface area contributed by atoms with Crippen LogP contribution in [-0.2, 0) is 4.79 Å². The van der Waals surface area contributed by atoms with Gasteiger partial charge in [0.25, 0.3) is 5.69 Å². The Morgan fingerprint density at radius 1 is 1.67 bits per heavy atom. The molecule has 0 radical (unpaired) electrons. The first-order valence-corrected chi connectivity index (χ1v) is 4.51. The lowest BCUT2D eigenvalue weighted by atomic mass is 10.2. The van der Waals surface area contributed by atoms with Crippen LogP contribution < -0.4 is 0 Å².